The highest BCUT2D eigenvalue weighted by Crippen LogP contribution is 2.16. The molecule has 1 aliphatic heterocycles. The van der Waals surface area contributed by atoms with Crippen molar-refractivity contribution >= 4 is 16.0 Å². The molecule has 0 unspecified atom stereocenters. The van der Waals surface area contributed by atoms with Crippen molar-refractivity contribution in [3.05, 3.63) is 30.7 Å². The Balaban J connectivity index is 1.70. The molecule has 0 aliphatic carbocycles. The van der Waals surface area contributed by atoms with Gasteiger partial charge in [0.05, 0.1) is 6.20 Å². The third-order valence-corrected chi connectivity index (χ3v) is 4.99. The van der Waals surface area contributed by atoms with Crippen molar-refractivity contribution < 1.29 is 8.42 Å². The number of piperazine rings is 1. The number of aromatic amines is 1. The molecule has 0 saturated carbocycles. The molecule has 1 saturated heterocycles. The minimum atomic E-state index is -3.48. The summed E-state index contributed by atoms with van der Waals surface area (Å²) in [6.07, 6.45) is 4.78. The average molecular weight is 294 g/mol. The summed E-state index contributed by atoms with van der Waals surface area (Å²) in [4.78, 5) is 10.3. The van der Waals surface area contributed by atoms with E-state index in [1.807, 2.05) is 4.90 Å². The number of aromatic nitrogens is 4. The van der Waals surface area contributed by atoms with Gasteiger partial charge in [0, 0.05) is 38.6 Å². The highest BCUT2D eigenvalue weighted by atomic mass is 32.2. The molecule has 106 valence electrons. The van der Waals surface area contributed by atoms with Crippen LogP contribution in [0.4, 0.5) is 5.95 Å². The van der Waals surface area contributed by atoms with Crippen molar-refractivity contribution in [2.45, 2.75) is 5.03 Å². The van der Waals surface area contributed by atoms with Crippen LogP contribution in [0.3, 0.4) is 0 Å². The third kappa shape index (κ3) is 2.37. The van der Waals surface area contributed by atoms with Crippen LogP contribution in [0.15, 0.2) is 35.7 Å². The Morgan fingerprint density at radius 3 is 2.35 bits per heavy atom. The first-order valence-electron chi connectivity index (χ1n) is 6.19. The summed E-state index contributed by atoms with van der Waals surface area (Å²) in [5.41, 5.74) is 0. The second kappa shape index (κ2) is 5.17. The van der Waals surface area contributed by atoms with Gasteiger partial charge in [0.2, 0.25) is 5.95 Å². The van der Waals surface area contributed by atoms with E-state index in [2.05, 4.69) is 20.2 Å². The molecule has 0 aromatic carbocycles. The highest BCUT2D eigenvalue weighted by Gasteiger charge is 2.29. The van der Waals surface area contributed by atoms with Gasteiger partial charge in [-0.25, -0.2) is 18.4 Å². The average Bonchev–Trinajstić information content (AvgIpc) is 3.03. The molecular formula is C11H14N6O2S. The summed E-state index contributed by atoms with van der Waals surface area (Å²) < 4.78 is 26.0. The topological polar surface area (TPSA) is 95.1 Å². The molecule has 2 aromatic heterocycles. The van der Waals surface area contributed by atoms with Crippen LogP contribution in [0.2, 0.25) is 0 Å². The van der Waals surface area contributed by atoms with E-state index in [1.165, 1.54) is 16.6 Å². The van der Waals surface area contributed by atoms with E-state index in [9.17, 15) is 8.42 Å². The lowest BCUT2D eigenvalue weighted by atomic mass is 10.4. The normalized spacial score (nSPS) is 17.3. The summed E-state index contributed by atoms with van der Waals surface area (Å²) in [7, 11) is -3.48. The maximum atomic E-state index is 12.3. The van der Waals surface area contributed by atoms with Gasteiger partial charge in [-0.1, -0.05) is 0 Å². The van der Waals surface area contributed by atoms with Crippen LogP contribution >= 0.6 is 0 Å². The molecule has 0 radical (unpaired) electrons. The Hall–Kier alpha value is -2.00. The highest BCUT2D eigenvalue weighted by molar-refractivity contribution is 7.89. The van der Waals surface area contributed by atoms with Crippen molar-refractivity contribution in [1.82, 2.24) is 24.5 Å². The number of sulfonamides is 1. The number of H-pyrrole nitrogens is 1. The number of hydrogen-bond acceptors (Lipinski definition) is 6. The zero-order valence-corrected chi connectivity index (χ0v) is 11.5. The summed E-state index contributed by atoms with van der Waals surface area (Å²) in [6, 6.07) is 3.21. The first-order chi connectivity index (χ1) is 9.68. The van der Waals surface area contributed by atoms with Gasteiger partial charge in [-0.3, -0.25) is 5.10 Å². The predicted octanol–water partition coefficient (Wildman–Crippen LogP) is -0.289. The minimum Gasteiger partial charge on any atom is -0.338 e. The molecule has 1 N–H and O–H groups in total. The summed E-state index contributed by atoms with van der Waals surface area (Å²) in [5, 5.41) is 6.31. The number of hydrogen-bond donors (Lipinski definition) is 1. The Morgan fingerprint density at radius 2 is 1.75 bits per heavy atom. The van der Waals surface area contributed by atoms with Crippen molar-refractivity contribution in [1.29, 1.82) is 0 Å². The van der Waals surface area contributed by atoms with E-state index in [0.717, 1.165) is 0 Å². The van der Waals surface area contributed by atoms with E-state index >= 15 is 0 Å². The summed E-state index contributed by atoms with van der Waals surface area (Å²) in [6.45, 7) is 1.94. The second-order valence-electron chi connectivity index (χ2n) is 4.36. The first-order valence-corrected chi connectivity index (χ1v) is 7.63. The molecule has 9 heteroatoms. The van der Waals surface area contributed by atoms with Crippen molar-refractivity contribution in [2.24, 2.45) is 0 Å². The fourth-order valence-electron chi connectivity index (χ4n) is 2.11. The van der Waals surface area contributed by atoms with Gasteiger partial charge in [-0.2, -0.15) is 9.40 Å². The molecule has 2 aromatic rings. The van der Waals surface area contributed by atoms with E-state index in [1.54, 1.807) is 18.5 Å². The lowest BCUT2D eigenvalue weighted by molar-refractivity contribution is 0.381. The lowest BCUT2D eigenvalue weighted by Gasteiger charge is -2.33. The fourth-order valence-corrected chi connectivity index (χ4v) is 3.43. The number of rotatable bonds is 3. The van der Waals surface area contributed by atoms with Crippen LogP contribution in [-0.4, -0.2) is 59.1 Å². The Bertz CT molecular complexity index is 649. The Morgan fingerprint density at radius 1 is 1.05 bits per heavy atom. The maximum absolute atomic E-state index is 12.3. The lowest BCUT2D eigenvalue weighted by Crippen LogP contribution is -2.49. The molecule has 0 bridgehead atoms. The molecule has 3 heterocycles. The van der Waals surface area contributed by atoms with Gasteiger partial charge in [-0.15, -0.1) is 0 Å². The monoisotopic (exact) mass is 294 g/mol. The maximum Gasteiger partial charge on any atom is 0.260 e. The van der Waals surface area contributed by atoms with Crippen molar-refractivity contribution in [2.75, 3.05) is 31.1 Å². The fraction of sp³-hybridized carbons (Fsp3) is 0.364. The molecule has 0 amide bonds. The standard InChI is InChI=1S/C11H14N6O2S/c18-20(19,10-2-5-14-15-10)17-8-6-16(7-9-17)11-12-3-1-4-13-11/h1-5H,6-9H2,(H,14,15). The zero-order valence-electron chi connectivity index (χ0n) is 10.7. The van der Waals surface area contributed by atoms with E-state index < -0.39 is 10.0 Å². The van der Waals surface area contributed by atoms with Crippen molar-refractivity contribution in [3.8, 4) is 0 Å². The van der Waals surface area contributed by atoms with Crippen LogP contribution in [0.1, 0.15) is 0 Å². The third-order valence-electron chi connectivity index (χ3n) is 3.17. The number of nitrogens with zero attached hydrogens (tertiary/aromatic N) is 5. The van der Waals surface area contributed by atoms with Crippen LogP contribution in [0, 0.1) is 0 Å². The van der Waals surface area contributed by atoms with Crippen LogP contribution in [0.5, 0.6) is 0 Å². The first kappa shape index (κ1) is 13.0. The summed E-state index contributed by atoms with van der Waals surface area (Å²) in [5.74, 6) is 0.631. The van der Waals surface area contributed by atoms with Gasteiger partial charge >= 0.3 is 0 Å². The van der Waals surface area contributed by atoms with E-state index in [4.69, 9.17) is 0 Å². The Kier molecular flexibility index (Phi) is 3.36. The molecule has 1 fully saturated rings. The van der Waals surface area contributed by atoms with Gasteiger partial charge < -0.3 is 4.90 Å². The van der Waals surface area contributed by atoms with Crippen LogP contribution in [0.25, 0.3) is 0 Å². The minimum absolute atomic E-state index is 0.127. The van der Waals surface area contributed by atoms with E-state index in [-0.39, 0.29) is 5.03 Å². The van der Waals surface area contributed by atoms with Gasteiger partial charge in [0.1, 0.15) is 0 Å². The molecule has 3 rings (SSSR count). The van der Waals surface area contributed by atoms with E-state index in [0.29, 0.717) is 32.1 Å². The quantitative estimate of drug-likeness (QED) is 0.836. The largest absolute Gasteiger partial charge is 0.338 e. The smallest absolute Gasteiger partial charge is 0.260 e. The SMILES string of the molecule is O=S(=O)(c1ccn[nH]1)N1CCN(c2ncccn2)CC1. The summed E-state index contributed by atoms with van der Waals surface area (Å²) >= 11 is 0. The molecule has 1 aliphatic rings. The molecule has 0 atom stereocenters. The van der Waals surface area contributed by atoms with Crippen molar-refractivity contribution in [3.63, 3.8) is 0 Å². The predicted molar refractivity (Wildman–Crippen MR) is 71.6 cm³/mol. The van der Waals surface area contributed by atoms with Gasteiger partial charge in [-0.05, 0) is 12.1 Å². The number of anilines is 1. The van der Waals surface area contributed by atoms with Crippen LogP contribution in [-0.2, 0) is 10.0 Å². The molecular weight excluding hydrogens is 280 g/mol. The Labute approximate surface area is 116 Å². The van der Waals surface area contributed by atoms with Crippen LogP contribution < -0.4 is 4.90 Å². The second-order valence-corrected chi connectivity index (χ2v) is 6.27. The molecule has 0 spiro atoms. The van der Waals surface area contributed by atoms with Gasteiger partial charge in [0.25, 0.3) is 10.0 Å². The number of nitrogens with one attached hydrogen (secondary N) is 1. The molecule has 20 heavy (non-hydrogen) atoms. The zero-order chi connectivity index (χ0) is 14.0. The molecule has 8 nitrogen and oxygen atoms in total. The van der Waals surface area contributed by atoms with Gasteiger partial charge in [0.15, 0.2) is 5.03 Å².